The summed E-state index contributed by atoms with van der Waals surface area (Å²) in [6.45, 7) is 1.74. The molecule has 0 bridgehead atoms. The Morgan fingerprint density at radius 1 is 1.58 bits per heavy atom. The van der Waals surface area contributed by atoms with E-state index in [0.29, 0.717) is 5.75 Å². The lowest BCUT2D eigenvalue weighted by Crippen LogP contribution is -2.06. The highest BCUT2D eigenvalue weighted by Crippen LogP contribution is 2.41. The van der Waals surface area contributed by atoms with Crippen molar-refractivity contribution in [2.45, 2.75) is 6.92 Å². The highest BCUT2D eigenvalue weighted by molar-refractivity contribution is 7.84. The minimum atomic E-state index is -3.87. The van der Waals surface area contributed by atoms with Gasteiger partial charge in [0.05, 0.1) is 6.61 Å². The largest absolute Gasteiger partial charge is 0.471 e. The van der Waals surface area contributed by atoms with Crippen LogP contribution in [0.2, 0.25) is 0 Å². The summed E-state index contributed by atoms with van der Waals surface area (Å²) in [7, 11) is -3.77. The molecule has 0 amide bonds. The molecular weight excluding hydrogens is 203 g/mol. The van der Waals surface area contributed by atoms with Crippen molar-refractivity contribution in [1.82, 2.24) is 0 Å². The summed E-state index contributed by atoms with van der Waals surface area (Å²) >= 11 is 0. The number of rotatable bonds is 6. The van der Waals surface area contributed by atoms with Crippen LogP contribution in [0.25, 0.3) is 0 Å². The molecule has 0 aliphatic heterocycles. The van der Waals surface area contributed by atoms with Gasteiger partial charge in [0.15, 0.2) is 0 Å². The molecule has 2 unspecified atom stereocenters. The number of hydrogen-bond acceptors (Lipinski definition) is 4. The van der Waals surface area contributed by atoms with E-state index in [1.165, 1.54) is 0 Å². The molecule has 74 valence electrons. The van der Waals surface area contributed by atoms with Gasteiger partial charge in [-0.15, -0.1) is 0 Å². The molecule has 0 rings (SSSR count). The van der Waals surface area contributed by atoms with Gasteiger partial charge in [-0.1, -0.05) is 6.92 Å². The van der Waals surface area contributed by atoms with Crippen LogP contribution in [0.3, 0.4) is 0 Å². The molecule has 0 radical (unpaired) electrons. The van der Waals surface area contributed by atoms with E-state index < -0.39 is 18.6 Å². The van der Waals surface area contributed by atoms with Crippen LogP contribution in [0.5, 0.6) is 0 Å². The SMILES string of the molecule is CCS(=O)CCOP(=O)(O)OC. The fraction of sp³-hybridized carbons (Fsp3) is 1.00. The summed E-state index contributed by atoms with van der Waals surface area (Å²) in [5, 5.41) is 0. The number of phosphoric acid groups is 1. The first kappa shape index (κ1) is 12.3. The first-order valence-electron chi connectivity index (χ1n) is 3.40. The molecule has 0 aromatic heterocycles. The van der Waals surface area contributed by atoms with Crippen molar-refractivity contribution < 1.29 is 22.7 Å². The molecule has 0 aromatic carbocycles. The van der Waals surface area contributed by atoms with Crippen molar-refractivity contribution in [3.63, 3.8) is 0 Å². The molecule has 2 atom stereocenters. The second-order valence-electron chi connectivity index (χ2n) is 1.92. The normalized spacial score (nSPS) is 18.6. The number of phosphoric ester groups is 1. The lowest BCUT2D eigenvalue weighted by Gasteiger charge is -2.07. The van der Waals surface area contributed by atoms with E-state index in [1.807, 2.05) is 0 Å². The third-order valence-corrected chi connectivity index (χ3v) is 3.35. The highest BCUT2D eigenvalue weighted by Gasteiger charge is 2.17. The zero-order chi connectivity index (χ0) is 9.61. The van der Waals surface area contributed by atoms with Gasteiger partial charge in [0, 0.05) is 29.4 Å². The Bertz CT molecular complexity index is 194. The van der Waals surface area contributed by atoms with Gasteiger partial charge in [0.25, 0.3) is 0 Å². The molecule has 0 spiro atoms. The van der Waals surface area contributed by atoms with Crippen LogP contribution in [-0.2, 0) is 24.4 Å². The van der Waals surface area contributed by atoms with E-state index in [4.69, 9.17) is 4.89 Å². The van der Waals surface area contributed by atoms with E-state index in [2.05, 4.69) is 9.05 Å². The van der Waals surface area contributed by atoms with Gasteiger partial charge in [0.2, 0.25) is 0 Å². The first-order chi connectivity index (χ1) is 5.52. The van der Waals surface area contributed by atoms with Crippen molar-refractivity contribution >= 4 is 18.6 Å². The van der Waals surface area contributed by atoms with Crippen LogP contribution in [0.4, 0.5) is 0 Å². The van der Waals surface area contributed by atoms with Gasteiger partial charge >= 0.3 is 7.82 Å². The highest BCUT2D eigenvalue weighted by atomic mass is 32.2. The summed E-state index contributed by atoms with van der Waals surface area (Å²) in [4.78, 5) is 8.72. The zero-order valence-corrected chi connectivity index (χ0v) is 8.77. The van der Waals surface area contributed by atoms with Crippen LogP contribution < -0.4 is 0 Å². The maximum Gasteiger partial charge on any atom is 0.471 e. The van der Waals surface area contributed by atoms with Crippen molar-refractivity contribution in [2.75, 3.05) is 25.2 Å². The average molecular weight is 216 g/mol. The Morgan fingerprint density at radius 2 is 2.17 bits per heavy atom. The van der Waals surface area contributed by atoms with E-state index in [0.717, 1.165) is 7.11 Å². The monoisotopic (exact) mass is 216 g/mol. The second-order valence-corrected chi connectivity index (χ2v) is 5.34. The van der Waals surface area contributed by atoms with Crippen LogP contribution in [-0.4, -0.2) is 34.3 Å². The fourth-order valence-corrected chi connectivity index (χ4v) is 1.55. The van der Waals surface area contributed by atoms with Crippen molar-refractivity contribution in [3.05, 3.63) is 0 Å². The predicted molar refractivity (Wildman–Crippen MR) is 46.3 cm³/mol. The summed E-state index contributed by atoms with van der Waals surface area (Å²) in [6, 6.07) is 0. The minimum absolute atomic E-state index is 0.0257. The summed E-state index contributed by atoms with van der Waals surface area (Å²) < 4.78 is 30.1. The molecule has 0 heterocycles. The van der Waals surface area contributed by atoms with Gasteiger partial charge in [-0.2, -0.15) is 0 Å². The molecule has 0 aromatic rings. The fourth-order valence-electron chi connectivity index (χ4n) is 0.443. The molecule has 0 aliphatic rings. The van der Waals surface area contributed by atoms with Gasteiger partial charge in [-0.3, -0.25) is 13.3 Å². The predicted octanol–water partition coefficient (Wildman–Crippen LogP) is 0.518. The van der Waals surface area contributed by atoms with Gasteiger partial charge < -0.3 is 4.89 Å². The summed E-state index contributed by atoms with van der Waals surface area (Å²) in [5.74, 6) is 0.774. The molecule has 5 nitrogen and oxygen atoms in total. The van der Waals surface area contributed by atoms with E-state index in [-0.39, 0.29) is 12.4 Å². The number of hydrogen-bond donors (Lipinski definition) is 1. The van der Waals surface area contributed by atoms with E-state index in [9.17, 15) is 8.77 Å². The standard InChI is InChI=1S/C5H13O5PS/c1-3-12(8)5-4-10-11(6,7)9-2/h3-5H2,1-2H3,(H,6,7). The van der Waals surface area contributed by atoms with Crippen molar-refractivity contribution in [2.24, 2.45) is 0 Å². The van der Waals surface area contributed by atoms with Gasteiger partial charge in [-0.25, -0.2) is 4.57 Å². The van der Waals surface area contributed by atoms with Gasteiger partial charge in [-0.05, 0) is 0 Å². The zero-order valence-electron chi connectivity index (χ0n) is 7.06. The van der Waals surface area contributed by atoms with Crippen LogP contribution in [0.1, 0.15) is 6.92 Å². The molecule has 0 saturated carbocycles. The quantitative estimate of drug-likeness (QED) is 0.655. The molecule has 0 fully saturated rings. The third kappa shape index (κ3) is 5.85. The van der Waals surface area contributed by atoms with Crippen molar-refractivity contribution in [1.29, 1.82) is 0 Å². The third-order valence-electron chi connectivity index (χ3n) is 1.12. The van der Waals surface area contributed by atoms with Gasteiger partial charge in [0.1, 0.15) is 0 Å². The molecule has 7 heteroatoms. The smallest absolute Gasteiger partial charge is 0.303 e. The maximum atomic E-state index is 10.8. The molecule has 0 aliphatic carbocycles. The maximum absolute atomic E-state index is 10.8. The lowest BCUT2D eigenvalue weighted by molar-refractivity contribution is 0.182. The van der Waals surface area contributed by atoms with E-state index >= 15 is 0 Å². The Labute approximate surface area is 74.1 Å². The lowest BCUT2D eigenvalue weighted by atomic mass is 10.9. The first-order valence-corrected chi connectivity index (χ1v) is 6.38. The Morgan fingerprint density at radius 3 is 2.58 bits per heavy atom. The molecule has 1 N–H and O–H groups in total. The van der Waals surface area contributed by atoms with E-state index in [1.54, 1.807) is 6.92 Å². The summed E-state index contributed by atoms with van der Waals surface area (Å²) in [6.07, 6.45) is 0. The minimum Gasteiger partial charge on any atom is -0.303 e. The molecule has 0 saturated heterocycles. The van der Waals surface area contributed by atoms with Crippen LogP contribution in [0, 0.1) is 0 Å². The topological polar surface area (TPSA) is 72.8 Å². The Kier molecular flexibility index (Phi) is 5.96. The Balaban J connectivity index is 3.57. The van der Waals surface area contributed by atoms with Crippen LogP contribution >= 0.6 is 7.82 Å². The average Bonchev–Trinajstić information content (AvgIpc) is 2.04. The summed E-state index contributed by atoms with van der Waals surface area (Å²) in [5.41, 5.74) is 0. The second kappa shape index (κ2) is 5.83. The molecule has 12 heavy (non-hydrogen) atoms. The molecular formula is C5H13O5PS. The Hall–Kier alpha value is 0.260. The van der Waals surface area contributed by atoms with Crippen LogP contribution in [0.15, 0.2) is 0 Å². The van der Waals surface area contributed by atoms with Crippen molar-refractivity contribution in [3.8, 4) is 0 Å².